The molecular weight excluding hydrogens is 440 g/mol. The summed E-state index contributed by atoms with van der Waals surface area (Å²) in [7, 11) is 0.406. The van der Waals surface area contributed by atoms with E-state index in [9.17, 15) is 13.2 Å². The lowest BCUT2D eigenvalue weighted by Crippen LogP contribution is -2.42. The minimum Gasteiger partial charge on any atom is -0.497 e. The van der Waals surface area contributed by atoms with Crippen LogP contribution >= 0.6 is 0 Å². The van der Waals surface area contributed by atoms with Crippen molar-refractivity contribution in [3.63, 3.8) is 0 Å². The van der Waals surface area contributed by atoms with Crippen LogP contribution in [-0.2, 0) is 14.8 Å². The second-order valence-corrected chi connectivity index (χ2v) is 8.81. The van der Waals surface area contributed by atoms with Gasteiger partial charge in [-0.15, -0.1) is 0 Å². The number of carbonyl (C=O) groups is 1. The van der Waals surface area contributed by atoms with E-state index in [2.05, 4.69) is 6.58 Å². The highest BCUT2D eigenvalue weighted by Crippen LogP contribution is 2.36. The van der Waals surface area contributed by atoms with Crippen molar-refractivity contribution in [3.05, 3.63) is 77.4 Å². The Kier molecular flexibility index (Phi) is 10.7. The van der Waals surface area contributed by atoms with E-state index < -0.39 is 22.5 Å². The van der Waals surface area contributed by atoms with Gasteiger partial charge in [0.2, 0.25) is 5.91 Å². The Labute approximate surface area is 198 Å². The smallest absolute Gasteiger partial charge is 0.264 e. The van der Waals surface area contributed by atoms with E-state index in [-0.39, 0.29) is 16.3 Å². The third-order valence-corrected chi connectivity index (χ3v) is 6.86. The monoisotopic (exact) mass is 474 g/mol. The van der Waals surface area contributed by atoms with Crippen molar-refractivity contribution in [2.45, 2.75) is 27.7 Å². The van der Waals surface area contributed by atoms with E-state index in [1.807, 2.05) is 19.9 Å². The number of amides is 1. The van der Waals surface area contributed by atoms with E-state index in [1.54, 1.807) is 51.3 Å². The molecule has 1 amide bonds. The van der Waals surface area contributed by atoms with Gasteiger partial charge in [-0.3, -0.25) is 9.10 Å². The summed E-state index contributed by atoms with van der Waals surface area (Å²) in [4.78, 5) is 14.8. The van der Waals surface area contributed by atoms with Crippen LogP contribution in [0.5, 0.6) is 11.5 Å². The summed E-state index contributed by atoms with van der Waals surface area (Å²) < 4.78 is 39.1. The zero-order chi connectivity index (χ0) is 25.2. The van der Waals surface area contributed by atoms with Crippen LogP contribution < -0.4 is 13.8 Å². The highest BCUT2D eigenvalue weighted by molar-refractivity contribution is 7.96. The molecule has 0 atom stereocenters. The molecular formula is C25H34N2O5S. The van der Waals surface area contributed by atoms with E-state index in [1.165, 1.54) is 37.3 Å². The van der Waals surface area contributed by atoms with Gasteiger partial charge in [0.25, 0.3) is 10.0 Å². The molecule has 0 aliphatic heterocycles. The number of benzene rings is 1. The molecule has 0 N–H and O–H groups in total. The molecule has 0 aliphatic rings. The van der Waals surface area contributed by atoms with Crippen molar-refractivity contribution >= 4 is 21.6 Å². The van der Waals surface area contributed by atoms with Gasteiger partial charge in [-0.1, -0.05) is 30.9 Å². The fourth-order valence-electron chi connectivity index (χ4n) is 3.04. The van der Waals surface area contributed by atoms with Crippen LogP contribution in [0.4, 0.5) is 5.69 Å². The van der Waals surface area contributed by atoms with E-state index in [4.69, 9.17) is 9.47 Å². The SMILES string of the molecule is C=C/C=C(\C(C)=C/C)N(C)C(=O)CN(c1cc(OC)ccc1OC)S(=O)(=O)C(/C=C\C)=C/C. The van der Waals surface area contributed by atoms with Crippen LogP contribution in [0.25, 0.3) is 0 Å². The molecule has 0 aromatic heterocycles. The van der Waals surface area contributed by atoms with Crippen LogP contribution in [0.2, 0.25) is 0 Å². The first kappa shape index (κ1) is 27.8. The first-order chi connectivity index (χ1) is 15.6. The van der Waals surface area contributed by atoms with Crippen molar-refractivity contribution in [2.24, 2.45) is 0 Å². The molecule has 0 radical (unpaired) electrons. The minimum absolute atomic E-state index is 0.0526. The van der Waals surface area contributed by atoms with Crippen LogP contribution in [0.3, 0.4) is 0 Å². The highest BCUT2D eigenvalue weighted by Gasteiger charge is 2.31. The third-order valence-electron chi connectivity index (χ3n) is 4.99. The maximum absolute atomic E-state index is 13.7. The van der Waals surface area contributed by atoms with Gasteiger partial charge in [0.1, 0.15) is 18.0 Å². The average molecular weight is 475 g/mol. The summed E-state index contributed by atoms with van der Waals surface area (Å²) in [5, 5.41) is 0. The number of likely N-dealkylation sites (N-methyl/N-ethyl adjacent to an activating group) is 1. The quantitative estimate of drug-likeness (QED) is 0.430. The minimum atomic E-state index is -4.11. The van der Waals surface area contributed by atoms with Gasteiger partial charge in [0.05, 0.1) is 24.8 Å². The van der Waals surface area contributed by atoms with Crippen LogP contribution in [0.15, 0.2) is 77.4 Å². The number of hydrogen-bond acceptors (Lipinski definition) is 5. The lowest BCUT2D eigenvalue weighted by molar-refractivity contribution is -0.126. The second-order valence-electron chi connectivity index (χ2n) is 6.95. The Balaban J connectivity index is 3.70. The van der Waals surface area contributed by atoms with Gasteiger partial charge < -0.3 is 14.4 Å². The second kappa shape index (κ2) is 12.7. The van der Waals surface area contributed by atoms with Crippen LogP contribution in [0.1, 0.15) is 27.7 Å². The number of sulfonamides is 1. The number of methoxy groups -OCH3 is 2. The zero-order valence-electron chi connectivity index (χ0n) is 20.5. The van der Waals surface area contributed by atoms with E-state index in [0.717, 1.165) is 9.88 Å². The lowest BCUT2D eigenvalue weighted by Gasteiger charge is -2.29. The molecule has 1 rings (SSSR count). The first-order valence-corrected chi connectivity index (χ1v) is 11.8. The van der Waals surface area contributed by atoms with Crippen molar-refractivity contribution in [1.29, 1.82) is 0 Å². The zero-order valence-corrected chi connectivity index (χ0v) is 21.3. The van der Waals surface area contributed by atoms with Gasteiger partial charge in [-0.2, -0.15) is 0 Å². The van der Waals surface area contributed by atoms with Gasteiger partial charge in [0.15, 0.2) is 0 Å². The molecule has 1 aromatic carbocycles. The number of nitrogens with zero attached hydrogens (tertiary/aromatic N) is 2. The number of carbonyl (C=O) groups excluding carboxylic acids is 1. The van der Waals surface area contributed by atoms with Crippen molar-refractivity contribution in [2.75, 3.05) is 32.1 Å². The predicted molar refractivity (Wildman–Crippen MR) is 135 cm³/mol. The molecule has 0 saturated heterocycles. The normalized spacial score (nSPS) is 13.1. The van der Waals surface area contributed by atoms with Gasteiger partial charge >= 0.3 is 0 Å². The predicted octanol–water partition coefficient (Wildman–Crippen LogP) is 4.81. The highest BCUT2D eigenvalue weighted by atomic mass is 32.2. The summed E-state index contributed by atoms with van der Waals surface area (Å²) >= 11 is 0. The fraction of sp³-hybridized carbons (Fsp3) is 0.320. The number of anilines is 1. The molecule has 1 aromatic rings. The Morgan fingerprint density at radius 2 is 1.79 bits per heavy atom. The molecule has 33 heavy (non-hydrogen) atoms. The summed E-state index contributed by atoms with van der Waals surface area (Å²) in [6.45, 7) is 10.3. The third kappa shape index (κ3) is 6.61. The van der Waals surface area contributed by atoms with Crippen molar-refractivity contribution in [3.8, 4) is 11.5 Å². The molecule has 0 spiro atoms. The Morgan fingerprint density at radius 3 is 2.27 bits per heavy atom. The molecule has 0 saturated carbocycles. The Bertz CT molecular complexity index is 1080. The van der Waals surface area contributed by atoms with Crippen LogP contribution in [0, 0.1) is 0 Å². The molecule has 8 heteroatoms. The van der Waals surface area contributed by atoms with E-state index in [0.29, 0.717) is 11.4 Å². The summed E-state index contributed by atoms with van der Waals surface area (Å²) in [5.41, 5.74) is 1.66. The number of allylic oxidation sites excluding steroid dienone is 7. The van der Waals surface area contributed by atoms with Crippen molar-refractivity contribution < 1.29 is 22.7 Å². The largest absolute Gasteiger partial charge is 0.497 e. The summed E-state index contributed by atoms with van der Waals surface area (Å²) in [6, 6.07) is 4.79. The molecule has 0 fully saturated rings. The standard InChI is InChI=1S/C25H34N2O5S/c1-9-13-21(12-4)33(29,30)27(23-17-20(31-7)15-16-24(23)32-8)18-25(28)26(6)22(14-10-2)19(5)11-3/h9-17H,2,18H2,1,3-8H3/b13-9-,19-11-,21-12+,22-14+. The molecule has 0 unspecified atom stereocenters. The summed E-state index contributed by atoms with van der Waals surface area (Å²) in [5.74, 6) is 0.280. The molecule has 0 heterocycles. The Hall–Kier alpha value is -3.26. The van der Waals surface area contributed by atoms with Crippen molar-refractivity contribution in [1.82, 2.24) is 4.90 Å². The van der Waals surface area contributed by atoms with Crippen LogP contribution in [-0.4, -0.2) is 47.0 Å². The topological polar surface area (TPSA) is 76.2 Å². The number of ether oxygens (including phenoxy) is 2. The lowest BCUT2D eigenvalue weighted by atomic mass is 10.1. The molecule has 0 bridgehead atoms. The molecule has 7 nitrogen and oxygen atoms in total. The average Bonchev–Trinajstić information content (AvgIpc) is 2.82. The Morgan fingerprint density at radius 1 is 1.12 bits per heavy atom. The maximum atomic E-state index is 13.7. The van der Waals surface area contributed by atoms with Gasteiger partial charge in [-0.05, 0) is 57.6 Å². The number of hydrogen-bond donors (Lipinski definition) is 0. The molecule has 0 aliphatic carbocycles. The van der Waals surface area contributed by atoms with Gasteiger partial charge in [-0.25, -0.2) is 8.42 Å². The summed E-state index contributed by atoms with van der Waals surface area (Å²) in [6.07, 6.45) is 9.74. The van der Waals surface area contributed by atoms with Gasteiger partial charge in [0, 0.05) is 18.8 Å². The number of rotatable bonds is 11. The molecule has 180 valence electrons. The first-order valence-electron chi connectivity index (χ1n) is 10.4. The fourth-order valence-corrected chi connectivity index (χ4v) is 4.59. The van der Waals surface area contributed by atoms with E-state index >= 15 is 0 Å². The maximum Gasteiger partial charge on any atom is 0.264 e.